The number of para-hydroxylation sites is 1. The molecule has 1 aliphatic heterocycles. The second-order valence-corrected chi connectivity index (χ2v) is 4.82. The molecule has 2 aromatic carbocycles. The smallest absolute Gasteiger partial charge is 0.128 e. The van der Waals surface area contributed by atoms with Crippen LogP contribution in [-0.4, -0.2) is 13.1 Å². The number of rotatable bonds is 2. The van der Waals surface area contributed by atoms with Crippen LogP contribution in [0.5, 0.6) is 0 Å². The molecule has 98 valence electrons. The fourth-order valence-corrected chi connectivity index (χ4v) is 2.52. The number of hydrogen-bond donors (Lipinski definition) is 1. The maximum Gasteiger partial charge on any atom is 0.128 e. The Bertz CT molecular complexity index is 568. The summed E-state index contributed by atoms with van der Waals surface area (Å²) >= 11 is 0. The van der Waals surface area contributed by atoms with Crippen molar-refractivity contribution in [2.45, 2.75) is 13.1 Å². The molecule has 2 nitrogen and oxygen atoms in total. The van der Waals surface area contributed by atoms with Crippen molar-refractivity contribution >= 4 is 5.69 Å². The van der Waals surface area contributed by atoms with E-state index in [1.165, 1.54) is 17.3 Å². The summed E-state index contributed by atoms with van der Waals surface area (Å²) in [5.41, 5.74) is 3.23. The van der Waals surface area contributed by atoms with Gasteiger partial charge in [-0.05, 0) is 17.7 Å². The van der Waals surface area contributed by atoms with Crippen molar-refractivity contribution in [1.82, 2.24) is 5.32 Å². The Morgan fingerprint density at radius 3 is 2.74 bits per heavy atom. The van der Waals surface area contributed by atoms with Gasteiger partial charge in [-0.1, -0.05) is 36.4 Å². The number of nitrogens with one attached hydrogen (secondary N) is 1. The Labute approximate surface area is 112 Å². The minimum absolute atomic E-state index is 0.128. The third kappa shape index (κ3) is 2.61. The zero-order valence-electron chi connectivity index (χ0n) is 10.8. The van der Waals surface area contributed by atoms with Crippen LogP contribution in [0.2, 0.25) is 0 Å². The zero-order chi connectivity index (χ0) is 13.1. The van der Waals surface area contributed by atoms with Crippen molar-refractivity contribution in [2.24, 2.45) is 0 Å². The molecule has 0 atom stereocenters. The molecule has 19 heavy (non-hydrogen) atoms. The van der Waals surface area contributed by atoms with Gasteiger partial charge in [0.25, 0.3) is 0 Å². The molecule has 1 N–H and O–H groups in total. The largest absolute Gasteiger partial charge is 0.366 e. The van der Waals surface area contributed by atoms with Crippen LogP contribution in [0.15, 0.2) is 48.5 Å². The third-order valence-electron chi connectivity index (χ3n) is 3.53. The molecule has 0 aliphatic carbocycles. The molecule has 1 heterocycles. The molecule has 0 fully saturated rings. The Hall–Kier alpha value is -1.87. The van der Waals surface area contributed by atoms with Crippen molar-refractivity contribution in [1.29, 1.82) is 0 Å². The number of fused-ring (bicyclic) bond motifs is 1. The monoisotopic (exact) mass is 256 g/mol. The summed E-state index contributed by atoms with van der Waals surface area (Å²) in [5.74, 6) is -0.128. The molecule has 2 aromatic rings. The van der Waals surface area contributed by atoms with Gasteiger partial charge in [0.1, 0.15) is 5.82 Å². The predicted molar refractivity (Wildman–Crippen MR) is 75.6 cm³/mol. The fraction of sp³-hybridized carbons (Fsp3) is 0.250. The Balaban J connectivity index is 1.91. The molecule has 3 heteroatoms. The lowest BCUT2D eigenvalue weighted by Crippen LogP contribution is -2.28. The third-order valence-corrected chi connectivity index (χ3v) is 3.53. The quantitative estimate of drug-likeness (QED) is 0.888. The highest BCUT2D eigenvalue weighted by atomic mass is 19.1. The molecule has 0 amide bonds. The van der Waals surface area contributed by atoms with Crippen LogP contribution in [0, 0.1) is 5.82 Å². The summed E-state index contributed by atoms with van der Waals surface area (Å²) < 4.78 is 13.8. The van der Waals surface area contributed by atoms with Crippen LogP contribution in [0.25, 0.3) is 0 Å². The summed E-state index contributed by atoms with van der Waals surface area (Å²) in [7, 11) is 0. The van der Waals surface area contributed by atoms with E-state index in [2.05, 4.69) is 22.3 Å². The van der Waals surface area contributed by atoms with Gasteiger partial charge >= 0.3 is 0 Å². The highest BCUT2D eigenvalue weighted by molar-refractivity contribution is 5.54. The maximum absolute atomic E-state index is 13.8. The average Bonchev–Trinajstić information content (AvgIpc) is 2.64. The predicted octanol–water partition coefficient (Wildman–Crippen LogP) is 2.94. The molecule has 0 radical (unpaired) electrons. The van der Waals surface area contributed by atoms with Crippen LogP contribution >= 0.6 is 0 Å². The van der Waals surface area contributed by atoms with E-state index in [0.29, 0.717) is 6.54 Å². The van der Waals surface area contributed by atoms with Crippen LogP contribution in [0.3, 0.4) is 0 Å². The summed E-state index contributed by atoms with van der Waals surface area (Å²) in [6, 6.07) is 15.3. The lowest BCUT2D eigenvalue weighted by Gasteiger charge is -2.24. The average molecular weight is 256 g/mol. The van der Waals surface area contributed by atoms with Gasteiger partial charge in [-0.3, -0.25) is 0 Å². The highest BCUT2D eigenvalue weighted by Gasteiger charge is 2.15. The van der Waals surface area contributed by atoms with E-state index < -0.39 is 0 Å². The topological polar surface area (TPSA) is 15.3 Å². The lowest BCUT2D eigenvalue weighted by atomic mass is 10.1. The summed E-state index contributed by atoms with van der Waals surface area (Å²) in [4.78, 5) is 2.24. The van der Waals surface area contributed by atoms with Gasteiger partial charge in [-0.15, -0.1) is 0 Å². The number of anilines is 1. The Morgan fingerprint density at radius 2 is 1.84 bits per heavy atom. The van der Waals surface area contributed by atoms with Gasteiger partial charge < -0.3 is 10.2 Å². The van der Waals surface area contributed by atoms with Crippen LogP contribution in [0.4, 0.5) is 10.1 Å². The summed E-state index contributed by atoms with van der Waals surface area (Å²) in [6.45, 7) is 3.31. The van der Waals surface area contributed by atoms with Crippen LogP contribution < -0.4 is 10.2 Å². The minimum atomic E-state index is -0.128. The Kier molecular flexibility index (Phi) is 3.47. The van der Waals surface area contributed by atoms with E-state index in [1.807, 2.05) is 24.3 Å². The molecular weight excluding hydrogens is 239 g/mol. The molecule has 3 rings (SSSR count). The van der Waals surface area contributed by atoms with Crippen molar-refractivity contribution in [3.8, 4) is 0 Å². The van der Waals surface area contributed by atoms with E-state index in [1.54, 1.807) is 6.07 Å². The standard InChI is InChI=1S/C16H17FN2/c17-15-7-3-1-6-14(15)12-19-10-9-18-11-13-5-2-4-8-16(13)19/h1-8,18H,9-12H2. The van der Waals surface area contributed by atoms with Crippen molar-refractivity contribution in [2.75, 3.05) is 18.0 Å². The SMILES string of the molecule is Fc1ccccc1CN1CCNCc2ccccc21. The molecule has 0 aromatic heterocycles. The molecule has 0 saturated heterocycles. The lowest BCUT2D eigenvalue weighted by molar-refractivity contribution is 0.602. The van der Waals surface area contributed by atoms with E-state index in [9.17, 15) is 4.39 Å². The van der Waals surface area contributed by atoms with E-state index >= 15 is 0 Å². The molecule has 0 spiro atoms. The fourth-order valence-electron chi connectivity index (χ4n) is 2.52. The first-order chi connectivity index (χ1) is 9.34. The van der Waals surface area contributed by atoms with E-state index in [4.69, 9.17) is 0 Å². The molecule has 0 unspecified atom stereocenters. The van der Waals surface area contributed by atoms with Gasteiger partial charge in [0.15, 0.2) is 0 Å². The molecular formula is C16H17FN2. The second-order valence-electron chi connectivity index (χ2n) is 4.82. The zero-order valence-corrected chi connectivity index (χ0v) is 10.8. The molecule has 0 bridgehead atoms. The van der Waals surface area contributed by atoms with E-state index in [0.717, 1.165) is 25.2 Å². The number of benzene rings is 2. The first-order valence-electron chi connectivity index (χ1n) is 6.61. The van der Waals surface area contributed by atoms with Crippen molar-refractivity contribution in [3.05, 3.63) is 65.5 Å². The Morgan fingerprint density at radius 1 is 1.05 bits per heavy atom. The summed E-state index contributed by atoms with van der Waals surface area (Å²) in [6.07, 6.45) is 0. The van der Waals surface area contributed by atoms with Gasteiger partial charge in [0.2, 0.25) is 0 Å². The first-order valence-corrected chi connectivity index (χ1v) is 6.61. The number of halogens is 1. The molecule has 1 aliphatic rings. The first kappa shape index (κ1) is 12.2. The molecule has 0 saturated carbocycles. The minimum Gasteiger partial charge on any atom is -0.366 e. The second kappa shape index (κ2) is 5.41. The van der Waals surface area contributed by atoms with Gasteiger partial charge in [-0.25, -0.2) is 4.39 Å². The van der Waals surface area contributed by atoms with Crippen LogP contribution in [-0.2, 0) is 13.1 Å². The van der Waals surface area contributed by atoms with Crippen LogP contribution in [0.1, 0.15) is 11.1 Å². The van der Waals surface area contributed by atoms with Crippen molar-refractivity contribution < 1.29 is 4.39 Å². The summed E-state index contributed by atoms with van der Waals surface area (Å²) in [5, 5.41) is 3.40. The van der Waals surface area contributed by atoms with Gasteiger partial charge in [-0.2, -0.15) is 0 Å². The van der Waals surface area contributed by atoms with E-state index in [-0.39, 0.29) is 5.82 Å². The normalized spacial score (nSPS) is 14.9. The number of nitrogens with zero attached hydrogens (tertiary/aromatic N) is 1. The number of hydrogen-bond acceptors (Lipinski definition) is 2. The van der Waals surface area contributed by atoms with Gasteiger partial charge in [0, 0.05) is 37.4 Å². The highest BCUT2D eigenvalue weighted by Crippen LogP contribution is 2.24. The van der Waals surface area contributed by atoms with Crippen molar-refractivity contribution in [3.63, 3.8) is 0 Å². The van der Waals surface area contributed by atoms with Gasteiger partial charge in [0.05, 0.1) is 0 Å². The maximum atomic E-state index is 13.8.